The molecule has 0 heterocycles. The average Bonchev–Trinajstić information content (AvgIpc) is 2.35. The van der Waals surface area contributed by atoms with Gasteiger partial charge in [-0.15, -0.1) is 0 Å². The predicted molar refractivity (Wildman–Crippen MR) is 56.2 cm³/mol. The van der Waals surface area contributed by atoms with Crippen LogP contribution in [0.4, 0.5) is 0 Å². The van der Waals surface area contributed by atoms with Crippen molar-refractivity contribution in [1.29, 1.82) is 5.26 Å². The lowest BCUT2D eigenvalue weighted by Crippen LogP contribution is -2.13. The second kappa shape index (κ2) is 4.99. The van der Waals surface area contributed by atoms with E-state index < -0.39 is 11.8 Å². The number of aliphatic carboxylic acids is 1. The molecule has 0 fully saturated rings. The molecule has 1 N–H and O–H groups in total. The Morgan fingerprint density at radius 1 is 1.29 bits per heavy atom. The van der Waals surface area contributed by atoms with Crippen LogP contribution in [-0.2, 0) is 4.79 Å². The number of carboxylic acid groups (broad SMARTS) is 1. The minimum Gasteiger partial charge on any atom is -0.493 e. The van der Waals surface area contributed by atoms with Gasteiger partial charge in [-0.25, -0.2) is 4.79 Å². The predicted octanol–water partition coefficient (Wildman–Crippen LogP) is 0.843. The number of nitriles is 1. The number of Topliss-reactive ketones (excluding diaryl/α,β-unsaturated/α-hetero) is 1. The molecule has 0 aliphatic heterocycles. The van der Waals surface area contributed by atoms with E-state index in [1.807, 2.05) is 0 Å². The molecule has 0 bridgehead atoms. The van der Waals surface area contributed by atoms with Crippen molar-refractivity contribution >= 4 is 11.8 Å². The fourth-order valence-electron chi connectivity index (χ4n) is 1.30. The second-order valence-electron chi connectivity index (χ2n) is 3.01. The maximum atomic E-state index is 11.3. The SMILES string of the molecule is COc1cc(C(=O)C(=O)O)cc(C#N)c1OC. The lowest BCUT2D eigenvalue weighted by Gasteiger charge is -2.10. The number of nitrogens with zero attached hydrogens (tertiary/aromatic N) is 1. The Labute approximate surface area is 97.0 Å². The number of methoxy groups -OCH3 is 2. The van der Waals surface area contributed by atoms with Gasteiger partial charge in [0.25, 0.3) is 5.78 Å². The standard InChI is InChI=1S/C11H9NO5/c1-16-8-4-6(9(13)11(14)15)3-7(5-12)10(8)17-2/h3-4H,1-2H3,(H,14,15). The summed E-state index contributed by atoms with van der Waals surface area (Å²) in [5, 5.41) is 17.5. The molecule has 0 aromatic heterocycles. The van der Waals surface area contributed by atoms with Crippen LogP contribution in [0.25, 0.3) is 0 Å². The molecule has 0 saturated heterocycles. The van der Waals surface area contributed by atoms with Crippen LogP contribution in [-0.4, -0.2) is 31.1 Å². The number of carboxylic acids is 1. The highest BCUT2D eigenvalue weighted by molar-refractivity contribution is 6.40. The van der Waals surface area contributed by atoms with E-state index in [0.29, 0.717) is 0 Å². The van der Waals surface area contributed by atoms with Crippen LogP contribution in [0.3, 0.4) is 0 Å². The summed E-state index contributed by atoms with van der Waals surface area (Å²) in [4.78, 5) is 21.8. The number of carbonyl (C=O) groups is 2. The fourth-order valence-corrected chi connectivity index (χ4v) is 1.30. The van der Waals surface area contributed by atoms with Crippen LogP contribution in [0, 0.1) is 11.3 Å². The molecule has 0 unspecified atom stereocenters. The van der Waals surface area contributed by atoms with E-state index in [0.717, 1.165) is 6.07 Å². The summed E-state index contributed by atoms with van der Waals surface area (Å²) < 4.78 is 9.88. The number of rotatable bonds is 4. The number of benzene rings is 1. The second-order valence-corrected chi connectivity index (χ2v) is 3.01. The fraction of sp³-hybridized carbons (Fsp3) is 0.182. The van der Waals surface area contributed by atoms with Crippen LogP contribution in [0.15, 0.2) is 12.1 Å². The Hall–Kier alpha value is -2.55. The maximum absolute atomic E-state index is 11.3. The van der Waals surface area contributed by atoms with Crippen molar-refractivity contribution in [2.24, 2.45) is 0 Å². The first-order chi connectivity index (χ1) is 8.04. The van der Waals surface area contributed by atoms with E-state index in [9.17, 15) is 9.59 Å². The van der Waals surface area contributed by atoms with Crippen molar-refractivity contribution < 1.29 is 24.2 Å². The molecule has 6 nitrogen and oxygen atoms in total. The van der Waals surface area contributed by atoms with Crippen molar-refractivity contribution in [3.63, 3.8) is 0 Å². The quantitative estimate of drug-likeness (QED) is 0.613. The van der Waals surface area contributed by atoms with Gasteiger partial charge in [0.2, 0.25) is 0 Å². The minimum absolute atomic E-state index is 0.0384. The Kier molecular flexibility index (Phi) is 3.67. The van der Waals surface area contributed by atoms with Crippen LogP contribution in [0.1, 0.15) is 15.9 Å². The van der Waals surface area contributed by atoms with Crippen LogP contribution in [0.5, 0.6) is 11.5 Å². The molecule has 0 aliphatic rings. The Bertz CT molecular complexity index is 515. The first-order valence-electron chi connectivity index (χ1n) is 4.48. The van der Waals surface area contributed by atoms with Crippen LogP contribution < -0.4 is 9.47 Å². The summed E-state index contributed by atoms with van der Waals surface area (Å²) in [5.41, 5.74) is -0.0943. The maximum Gasteiger partial charge on any atom is 0.377 e. The monoisotopic (exact) mass is 235 g/mol. The number of hydrogen-bond acceptors (Lipinski definition) is 5. The largest absolute Gasteiger partial charge is 0.493 e. The molecule has 0 amide bonds. The number of ketones is 1. The van der Waals surface area contributed by atoms with Gasteiger partial charge >= 0.3 is 5.97 Å². The highest BCUT2D eigenvalue weighted by Gasteiger charge is 2.20. The minimum atomic E-state index is -1.60. The molecule has 1 aromatic rings. The van der Waals surface area contributed by atoms with Crippen molar-refractivity contribution in [2.45, 2.75) is 0 Å². The molecule has 0 atom stereocenters. The highest BCUT2D eigenvalue weighted by atomic mass is 16.5. The first kappa shape index (κ1) is 12.5. The van der Waals surface area contributed by atoms with Crippen LogP contribution >= 0.6 is 0 Å². The van der Waals surface area contributed by atoms with Crippen molar-refractivity contribution in [2.75, 3.05) is 14.2 Å². The highest BCUT2D eigenvalue weighted by Crippen LogP contribution is 2.32. The summed E-state index contributed by atoms with van der Waals surface area (Å²) in [5.74, 6) is -2.41. The lowest BCUT2D eigenvalue weighted by atomic mass is 10.1. The molecule has 17 heavy (non-hydrogen) atoms. The zero-order valence-corrected chi connectivity index (χ0v) is 9.18. The number of hydrogen-bond donors (Lipinski definition) is 1. The normalized spacial score (nSPS) is 9.24. The van der Waals surface area contributed by atoms with Crippen molar-refractivity contribution in [3.05, 3.63) is 23.3 Å². The Balaban J connectivity index is 3.43. The van der Waals surface area contributed by atoms with E-state index in [-0.39, 0.29) is 22.6 Å². The average molecular weight is 235 g/mol. The van der Waals surface area contributed by atoms with E-state index in [1.54, 1.807) is 6.07 Å². The molecule has 1 aromatic carbocycles. The molecular formula is C11H9NO5. The molecule has 0 spiro atoms. The molecule has 1 rings (SSSR count). The van der Waals surface area contributed by atoms with Crippen molar-refractivity contribution in [3.8, 4) is 17.6 Å². The van der Waals surface area contributed by atoms with Gasteiger partial charge < -0.3 is 14.6 Å². The first-order valence-corrected chi connectivity index (χ1v) is 4.48. The summed E-state index contributed by atoms with van der Waals surface area (Å²) in [7, 11) is 2.67. The van der Waals surface area contributed by atoms with Gasteiger partial charge in [0.1, 0.15) is 6.07 Å². The van der Waals surface area contributed by atoms with Gasteiger partial charge in [-0.05, 0) is 12.1 Å². The number of ether oxygens (including phenoxy) is 2. The molecule has 0 radical (unpaired) electrons. The molecule has 0 aliphatic carbocycles. The topological polar surface area (TPSA) is 96.6 Å². The van der Waals surface area contributed by atoms with E-state index in [2.05, 4.69) is 0 Å². The molecular weight excluding hydrogens is 226 g/mol. The smallest absolute Gasteiger partial charge is 0.377 e. The summed E-state index contributed by atoms with van der Waals surface area (Å²) in [6.07, 6.45) is 0. The third-order valence-electron chi connectivity index (χ3n) is 2.06. The van der Waals surface area contributed by atoms with Gasteiger partial charge in [0.05, 0.1) is 19.8 Å². The lowest BCUT2D eigenvalue weighted by molar-refractivity contribution is -0.131. The van der Waals surface area contributed by atoms with Gasteiger partial charge in [-0.2, -0.15) is 5.26 Å². The van der Waals surface area contributed by atoms with Gasteiger partial charge in [0.15, 0.2) is 11.5 Å². The van der Waals surface area contributed by atoms with E-state index in [4.69, 9.17) is 19.8 Å². The van der Waals surface area contributed by atoms with Crippen molar-refractivity contribution in [1.82, 2.24) is 0 Å². The zero-order valence-electron chi connectivity index (χ0n) is 9.18. The molecule has 88 valence electrons. The Morgan fingerprint density at radius 2 is 1.94 bits per heavy atom. The van der Waals surface area contributed by atoms with Gasteiger partial charge in [-0.3, -0.25) is 4.79 Å². The third kappa shape index (κ3) is 2.34. The number of carbonyl (C=O) groups excluding carboxylic acids is 1. The third-order valence-corrected chi connectivity index (χ3v) is 2.06. The van der Waals surface area contributed by atoms with Gasteiger partial charge in [0, 0.05) is 5.56 Å². The Morgan fingerprint density at radius 3 is 2.35 bits per heavy atom. The summed E-state index contributed by atoms with van der Waals surface area (Å²) in [6.45, 7) is 0. The van der Waals surface area contributed by atoms with Gasteiger partial charge in [-0.1, -0.05) is 0 Å². The summed E-state index contributed by atoms with van der Waals surface area (Å²) in [6, 6.07) is 4.17. The van der Waals surface area contributed by atoms with Crippen LogP contribution in [0.2, 0.25) is 0 Å². The van der Waals surface area contributed by atoms with E-state index in [1.165, 1.54) is 20.3 Å². The molecule has 6 heteroatoms. The molecule has 0 saturated carbocycles. The summed E-state index contributed by atoms with van der Waals surface area (Å²) >= 11 is 0. The van der Waals surface area contributed by atoms with E-state index >= 15 is 0 Å². The zero-order chi connectivity index (χ0) is 13.0.